The maximum Gasteiger partial charge on any atom is 0.342 e. The Bertz CT molecular complexity index is 248. The number of Topliss-reactive ketones (excluding diaryl/α,β-unsaturated/α-hetero) is 1. The predicted octanol–water partition coefficient (Wildman–Crippen LogP) is 0.388. The van der Waals surface area contributed by atoms with Crippen LogP contribution in [-0.4, -0.2) is 22.5 Å². The van der Waals surface area contributed by atoms with Gasteiger partial charge in [0.1, 0.15) is 5.78 Å². The molecule has 2 aliphatic carbocycles. The summed E-state index contributed by atoms with van der Waals surface area (Å²) in [5.41, 5.74) is -2.20. The molecule has 2 aliphatic rings. The van der Waals surface area contributed by atoms with E-state index in [0.717, 1.165) is 0 Å². The SMILES string of the molecule is O=C1CC[C@H]2[C@@H]1[C@]2(F)C(=O)O. The number of hydrogen-bond acceptors (Lipinski definition) is 2. The summed E-state index contributed by atoms with van der Waals surface area (Å²) in [7, 11) is 0. The van der Waals surface area contributed by atoms with Crippen LogP contribution in [0.3, 0.4) is 0 Å². The summed E-state index contributed by atoms with van der Waals surface area (Å²) in [6.45, 7) is 0. The smallest absolute Gasteiger partial charge is 0.342 e. The van der Waals surface area contributed by atoms with Gasteiger partial charge in [-0.3, -0.25) is 4.79 Å². The molecular formula is C7H7FO3. The predicted molar refractivity (Wildman–Crippen MR) is 32.7 cm³/mol. The van der Waals surface area contributed by atoms with E-state index in [-0.39, 0.29) is 5.78 Å². The third kappa shape index (κ3) is 0.575. The van der Waals surface area contributed by atoms with Crippen molar-refractivity contribution < 1.29 is 19.1 Å². The molecule has 0 heterocycles. The maximum atomic E-state index is 13.2. The van der Waals surface area contributed by atoms with Gasteiger partial charge in [-0.25, -0.2) is 9.18 Å². The van der Waals surface area contributed by atoms with Crippen LogP contribution in [0.15, 0.2) is 0 Å². The van der Waals surface area contributed by atoms with E-state index >= 15 is 0 Å². The lowest BCUT2D eigenvalue weighted by atomic mass is 10.1. The highest BCUT2D eigenvalue weighted by atomic mass is 19.1. The van der Waals surface area contributed by atoms with Crippen LogP contribution in [0, 0.1) is 11.8 Å². The van der Waals surface area contributed by atoms with Gasteiger partial charge >= 0.3 is 5.97 Å². The minimum absolute atomic E-state index is 0.222. The Hall–Kier alpha value is -0.930. The fourth-order valence-electron chi connectivity index (χ4n) is 2.01. The fraction of sp³-hybridized carbons (Fsp3) is 0.714. The molecule has 0 aromatic rings. The summed E-state index contributed by atoms with van der Waals surface area (Å²) in [6.07, 6.45) is 0.764. The van der Waals surface area contributed by atoms with Crippen molar-refractivity contribution in [2.24, 2.45) is 11.8 Å². The molecule has 0 saturated heterocycles. The summed E-state index contributed by atoms with van der Waals surface area (Å²) >= 11 is 0. The number of carboxylic acid groups (broad SMARTS) is 1. The number of rotatable bonds is 1. The van der Waals surface area contributed by atoms with Crippen molar-refractivity contribution in [1.82, 2.24) is 0 Å². The molecule has 0 radical (unpaired) electrons. The lowest BCUT2D eigenvalue weighted by Crippen LogP contribution is -2.25. The maximum absolute atomic E-state index is 13.2. The van der Waals surface area contributed by atoms with Gasteiger partial charge in [0.2, 0.25) is 5.67 Å². The summed E-state index contributed by atoms with van der Waals surface area (Å²) in [5.74, 6) is -3.03. The van der Waals surface area contributed by atoms with E-state index in [1.165, 1.54) is 0 Å². The highest BCUT2D eigenvalue weighted by Crippen LogP contribution is 2.61. The highest BCUT2D eigenvalue weighted by molar-refractivity contribution is 5.99. The lowest BCUT2D eigenvalue weighted by molar-refractivity contribution is -0.147. The van der Waals surface area contributed by atoms with E-state index in [2.05, 4.69) is 0 Å². The Balaban J connectivity index is 2.25. The van der Waals surface area contributed by atoms with Crippen molar-refractivity contribution in [3.63, 3.8) is 0 Å². The average Bonchev–Trinajstić information content (AvgIpc) is 2.30. The van der Waals surface area contributed by atoms with E-state index in [1.807, 2.05) is 0 Å². The fourth-order valence-corrected chi connectivity index (χ4v) is 2.01. The van der Waals surface area contributed by atoms with E-state index in [4.69, 9.17) is 5.11 Å². The van der Waals surface area contributed by atoms with Crippen LogP contribution in [0.1, 0.15) is 12.8 Å². The van der Waals surface area contributed by atoms with Crippen LogP contribution in [0.2, 0.25) is 0 Å². The number of carbonyl (C=O) groups is 2. The largest absolute Gasteiger partial charge is 0.479 e. The minimum atomic E-state index is -2.20. The van der Waals surface area contributed by atoms with Crippen molar-refractivity contribution in [3.05, 3.63) is 0 Å². The molecule has 4 heteroatoms. The molecule has 0 bridgehead atoms. The molecule has 0 amide bonds. The van der Waals surface area contributed by atoms with Crippen molar-refractivity contribution in [1.29, 1.82) is 0 Å². The topological polar surface area (TPSA) is 54.4 Å². The third-order valence-electron chi connectivity index (χ3n) is 2.66. The van der Waals surface area contributed by atoms with Crippen LogP contribution in [0.4, 0.5) is 4.39 Å². The highest BCUT2D eigenvalue weighted by Gasteiger charge is 2.76. The summed E-state index contributed by atoms with van der Waals surface area (Å²) < 4.78 is 13.2. The molecule has 3 atom stereocenters. The lowest BCUT2D eigenvalue weighted by Gasteiger charge is -2.02. The van der Waals surface area contributed by atoms with Crippen molar-refractivity contribution in [2.45, 2.75) is 18.5 Å². The second-order valence-electron chi connectivity index (χ2n) is 3.16. The van der Waals surface area contributed by atoms with Crippen LogP contribution >= 0.6 is 0 Å². The molecule has 0 aliphatic heterocycles. The zero-order chi connectivity index (χ0) is 8.22. The number of ketones is 1. The van der Waals surface area contributed by atoms with Gasteiger partial charge in [0.05, 0.1) is 5.92 Å². The van der Waals surface area contributed by atoms with Gasteiger partial charge in [0.15, 0.2) is 0 Å². The number of carboxylic acids is 1. The second-order valence-corrected chi connectivity index (χ2v) is 3.16. The van der Waals surface area contributed by atoms with Gasteiger partial charge in [-0.1, -0.05) is 0 Å². The number of hydrogen-bond donors (Lipinski definition) is 1. The molecule has 11 heavy (non-hydrogen) atoms. The molecule has 0 spiro atoms. The Morgan fingerprint density at radius 2 is 2.36 bits per heavy atom. The number of carbonyl (C=O) groups excluding carboxylic acids is 1. The molecule has 0 unspecified atom stereocenters. The van der Waals surface area contributed by atoms with Crippen molar-refractivity contribution >= 4 is 11.8 Å². The Labute approximate surface area is 62.2 Å². The van der Waals surface area contributed by atoms with E-state index < -0.39 is 23.5 Å². The molecular weight excluding hydrogens is 151 g/mol. The van der Waals surface area contributed by atoms with Crippen LogP contribution in [0.25, 0.3) is 0 Å². The first-order chi connectivity index (χ1) is 5.08. The van der Waals surface area contributed by atoms with Crippen LogP contribution < -0.4 is 0 Å². The zero-order valence-electron chi connectivity index (χ0n) is 5.71. The number of halogens is 1. The molecule has 2 rings (SSSR count). The van der Waals surface area contributed by atoms with E-state index in [9.17, 15) is 14.0 Å². The van der Waals surface area contributed by atoms with Gasteiger partial charge in [0.25, 0.3) is 0 Å². The van der Waals surface area contributed by atoms with Crippen LogP contribution in [0.5, 0.6) is 0 Å². The second kappa shape index (κ2) is 1.62. The first kappa shape index (κ1) is 6.76. The quantitative estimate of drug-likeness (QED) is 0.600. The van der Waals surface area contributed by atoms with Crippen molar-refractivity contribution in [3.8, 4) is 0 Å². The first-order valence-corrected chi connectivity index (χ1v) is 3.53. The molecule has 3 nitrogen and oxygen atoms in total. The van der Waals surface area contributed by atoms with Crippen LogP contribution in [-0.2, 0) is 9.59 Å². The van der Waals surface area contributed by atoms with Crippen molar-refractivity contribution in [2.75, 3.05) is 0 Å². The minimum Gasteiger partial charge on any atom is -0.479 e. The van der Waals surface area contributed by atoms with E-state index in [0.29, 0.717) is 12.8 Å². The molecule has 0 aromatic heterocycles. The monoisotopic (exact) mass is 158 g/mol. The molecule has 0 aromatic carbocycles. The van der Waals surface area contributed by atoms with Gasteiger partial charge in [-0.15, -0.1) is 0 Å². The first-order valence-electron chi connectivity index (χ1n) is 3.53. The summed E-state index contributed by atoms with van der Waals surface area (Å²) in [6, 6.07) is 0. The molecule has 1 N–H and O–H groups in total. The average molecular weight is 158 g/mol. The van der Waals surface area contributed by atoms with Gasteiger partial charge in [-0.05, 0) is 6.42 Å². The van der Waals surface area contributed by atoms with Gasteiger partial charge in [0, 0.05) is 12.3 Å². The van der Waals surface area contributed by atoms with E-state index in [1.54, 1.807) is 0 Å². The standard InChI is InChI=1S/C7H7FO3/c8-7(6(10)11)3-1-2-4(9)5(3)7/h3,5H,1-2H2,(H,10,11)/t3-,5-,7-/m0/s1. The number of fused-ring (bicyclic) bond motifs is 1. The Morgan fingerprint density at radius 1 is 1.73 bits per heavy atom. The van der Waals surface area contributed by atoms with Gasteiger partial charge < -0.3 is 5.11 Å². The summed E-state index contributed by atoms with van der Waals surface area (Å²) in [5, 5.41) is 8.41. The molecule has 2 fully saturated rings. The number of aliphatic carboxylic acids is 1. The Kier molecular flexibility index (Phi) is 0.998. The normalized spacial score (nSPS) is 47.2. The molecule has 60 valence electrons. The zero-order valence-corrected chi connectivity index (χ0v) is 5.71. The summed E-state index contributed by atoms with van der Waals surface area (Å²) in [4.78, 5) is 21.1. The number of alkyl halides is 1. The van der Waals surface area contributed by atoms with Gasteiger partial charge in [-0.2, -0.15) is 0 Å². The molecule has 2 saturated carbocycles. The Morgan fingerprint density at radius 3 is 2.64 bits per heavy atom. The third-order valence-corrected chi connectivity index (χ3v) is 2.66.